The quantitative estimate of drug-likeness (QED) is 0.809. The van der Waals surface area contributed by atoms with Crippen LogP contribution >= 0.6 is 15.9 Å². The SMILES string of the molecule is Cc1cc(Br)cc(-n2c(=O)[nH][nH]c2=O)c1. The molecule has 6 heteroatoms. The highest BCUT2D eigenvalue weighted by Crippen LogP contribution is 2.16. The maximum atomic E-state index is 11.3. The number of hydrogen-bond acceptors (Lipinski definition) is 2. The van der Waals surface area contributed by atoms with Crippen LogP contribution in [0, 0.1) is 6.92 Å². The lowest BCUT2D eigenvalue weighted by molar-refractivity contribution is 0.948. The second-order valence-corrected chi connectivity index (χ2v) is 4.10. The zero-order valence-corrected chi connectivity index (χ0v) is 9.46. The molecular formula is C9H8BrN3O2. The lowest BCUT2D eigenvalue weighted by Gasteiger charge is -2.01. The fourth-order valence-corrected chi connectivity index (χ4v) is 1.99. The lowest BCUT2D eigenvalue weighted by Crippen LogP contribution is -2.24. The second kappa shape index (κ2) is 3.54. The molecule has 15 heavy (non-hydrogen) atoms. The van der Waals surface area contributed by atoms with Gasteiger partial charge in [0.05, 0.1) is 5.69 Å². The average Bonchev–Trinajstić information content (AvgIpc) is 2.44. The number of nitrogens with zero attached hydrogens (tertiary/aromatic N) is 1. The molecule has 1 heterocycles. The van der Waals surface area contributed by atoms with Gasteiger partial charge >= 0.3 is 11.4 Å². The summed E-state index contributed by atoms with van der Waals surface area (Å²) in [6.45, 7) is 1.89. The molecule has 2 rings (SSSR count). The van der Waals surface area contributed by atoms with Crippen LogP contribution in [0.4, 0.5) is 0 Å². The van der Waals surface area contributed by atoms with Crippen LogP contribution in [0.2, 0.25) is 0 Å². The van der Waals surface area contributed by atoms with E-state index in [2.05, 4.69) is 26.1 Å². The van der Waals surface area contributed by atoms with E-state index in [0.717, 1.165) is 14.6 Å². The average molecular weight is 270 g/mol. The lowest BCUT2D eigenvalue weighted by atomic mass is 10.2. The summed E-state index contributed by atoms with van der Waals surface area (Å²) < 4.78 is 1.86. The Hall–Kier alpha value is -1.56. The first-order valence-corrected chi connectivity index (χ1v) is 5.04. The van der Waals surface area contributed by atoms with Crippen LogP contribution in [0.1, 0.15) is 5.56 Å². The molecule has 1 aromatic heterocycles. The van der Waals surface area contributed by atoms with Gasteiger partial charge in [-0.1, -0.05) is 15.9 Å². The Bertz CT molecular complexity index is 561. The third-order valence-corrected chi connectivity index (χ3v) is 2.43. The first-order chi connectivity index (χ1) is 7.08. The number of aryl methyl sites for hydroxylation is 1. The Morgan fingerprint density at radius 3 is 2.27 bits per heavy atom. The molecular weight excluding hydrogens is 262 g/mol. The molecule has 0 unspecified atom stereocenters. The van der Waals surface area contributed by atoms with E-state index in [9.17, 15) is 9.59 Å². The van der Waals surface area contributed by atoms with Crippen molar-refractivity contribution in [2.75, 3.05) is 0 Å². The van der Waals surface area contributed by atoms with Crippen molar-refractivity contribution in [3.8, 4) is 5.69 Å². The van der Waals surface area contributed by atoms with Crippen LogP contribution in [-0.4, -0.2) is 14.8 Å². The van der Waals surface area contributed by atoms with Crippen molar-refractivity contribution in [1.29, 1.82) is 0 Å². The van der Waals surface area contributed by atoms with Crippen molar-refractivity contribution in [3.05, 3.63) is 49.2 Å². The molecule has 0 fully saturated rings. The first kappa shape index (κ1) is 9.97. The van der Waals surface area contributed by atoms with E-state index in [1.165, 1.54) is 0 Å². The van der Waals surface area contributed by atoms with Gasteiger partial charge in [0.2, 0.25) is 0 Å². The molecule has 0 atom stereocenters. The van der Waals surface area contributed by atoms with Crippen molar-refractivity contribution in [3.63, 3.8) is 0 Å². The van der Waals surface area contributed by atoms with Gasteiger partial charge < -0.3 is 0 Å². The minimum absolute atomic E-state index is 0.475. The summed E-state index contributed by atoms with van der Waals surface area (Å²) in [7, 11) is 0. The van der Waals surface area contributed by atoms with Gasteiger partial charge in [-0.05, 0) is 30.7 Å². The number of nitrogens with one attached hydrogen (secondary N) is 2. The van der Waals surface area contributed by atoms with E-state index in [1.807, 2.05) is 13.0 Å². The van der Waals surface area contributed by atoms with E-state index in [0.29, 0.717) is 5.69 Å². The number of rotatable bonds is 1. The summed E-state index contributed by atoms with van der Waals surface area (Å²) in [4.78, 5) is 22.6. The zero-order valence-electron chi connectivity index (χ0n) is 7.87. The molecule has 5 nitrogen and oxygen atoms in total. The van der Waals surface area contributed by atoms with Crippen LogP contribution in [-0.2, 0) is 0 Å². The first-order valence-electron chi connectivity index (χ1n) is 4.25. The van der Waals surface area contributed by atoms with Gasteiger partial charge in [-0.15, -0.1) is 0 Å². The Balaban J connectivity index is 2.74. The predicted octanol–water partition coefficient (Wildman–Crippen LogP) is 0.925. The predicted molar refractivity (Wildman–Crippen MR) is 59.4 cm³/mol. The van der Waals surface area contributed by atoms with Gasteiger partial charge in [-0.2, -0.15) is 0 Å². The highest BCUT2D eigenvalue weighted by Gasteiger charge is 2.06. The summed E-state index contributed by atoms with van der Waals surface area (Å²) in [6, 6.07) is 5.36. The third-order valence-electron chi connectivity index (χ3n) is 1.97. The molecule has 0 saturated carbocycles. The highest BCUT2D eigenvalue weighted by molar-refractivity contribution is 9.10. The summed E-state index contributed by atoms with van der Waals surface area (Å²) in [6.07, 6.45) is 0. The molecule has 0 bridgehead atoms. The van der Waals surface area contributed by atoms with Gasteiger partial charge in [0, 0.05) is 4.47 Å². The van der Waals surface area contributed by atoms with Gasteiger partial charge in [0.25, 0.3) is 0 Å². The molecule has 0 aliphatic heterocycles. The van der Waals surface area contributed by atoms with Crippen molar-refractivity contribution in [2.45, 2.75) is 6.92 Å². The molecule has 0 aliphatic rings. The zero-order chi connectivity index (χ0) is 11.0. The van der Waals surface area contributed by atoms with Crippen LogP contribution in [0.5, 0.6) is 0 Å². The summed E-state index contributed by atoms with van der Waals surface area (Å²) in [5.41, 5.74) is 0.552. The van der Waals surface area contributed by atoms with Crippen LogP contribution in [0.15, 0.2) is 32.3 Å². The summed E-state index contributed by atoms with van der Waals surface area (Å²) in [5, 5.41) is 4.46. The standard InChI is InChI=1S/C9H8BrN3O2/c1-5-2-6(10)4-7(3-5)13-8(14)11-12-9(13)15/h2-4H,1H3,(H,11,14)(H,12,15). The number of aromatic nitrogens is 3. The Morgan fingerprint density at radius 1 is 1.13 bits per heavy atom. The number of hydrogen-bond donors (Lipinski definition) is 2. The Kier molecular flexibility index (Phi) is 2.36. The molecule has 78 valence electrons. The largest absolute Gasteiger partial charge is 0.348 e. The van der Waals surface area contributed by atoms with Gasteiger partial charge in [0.15, 0.2) is 0 Å². The maximum Gasteiger partial charge on any atom is 0.348 e. The van der Waals surface area contributed by atoms with Crippen molar-refractivity contribution >= 4 is 15.9 Å². The number of H-pyrrole nitrogens is 2. The van der Waals surface area contributed by atoms with Crippen LogP contribution in [0.25, 0.3) is 5.69 Å². The monoisotopic (exact) mass is 269 g/mol. The van der Waals surface area contributed by atoms with Crippen molar-refractivity contribution in [1.82, 2.24) is 14.8 Å². The normalized spacial score (nSPS) is 10.5. The molecule has 1 aromatic carbocycles. The highest BCUT2D eigenvalue weighted by atomic mass is 79.9. The molecule has 2 N–H and O–H groups in total. The number of benzene rings is 1. The third kappa shape index (κ3) is 1.80. The van der Waals surface area contributed by atoms with E-state index < -0.39 is 11.4 Å². The van der Waals surface area contributed by atoms with Crippen LogP contribution < -0.4 is 11.4 Å². The smallest absolute Gasteiger partial charge is 0.247 e. The molecule has 0 aliphatic carbocycles. The Morgan fingerprint density at radius 2 is 1.73 bits per heavy atom. The summed E-state index contributed by atoms with van der Waals surface area (Å²) >= 11 is 3.31. The topological polar surface area (TPSA) is 70.7 Å². The molecule has 0 amide bonds. The van der Waals surface area contributed by atoms with Gasteiger partial charge in [-0.25, -0.2) is 24.4 Å². The molecule has 0 spiro atoms. The van der Waals surface area contributed by atoms with Gasteiger partial charge in [0.1, 0.15) is 0 Å². The van der Waals surface area contributed by atoms with E-state index in [4.69, 9.17) is 0 Å². The molecule has 2 aromatic rings. The van der Waals surface area contributed by atoms with Crippen molar-refractivity contribution in [2.24, 2.45) is 0 Å². The van der Waals surface area contributed by atoms with Crippen LogP contribution in [0.3, 0.4) is 0 Å². The Labute approximate surface area is 92.9 Å². The summed E-state index contributed by atoms with van der Waals surface area (Å²) in [5.74, 6) is 0. The van der Waals surface area contributed by atoms with E-state index in [-0.39, 0.29) is 0 Å². The fourth-order valence-electron chi connectivity index (χ4n) is 1.39. The number of halogens is 1. The maximum absolute atomic E-state index is 11.3. The second-order valence-electron chi connectivity index (χ2n) is 3.18. The fraction of sp³-hybridized carbons (Fsp3) is 0.111. The molecule has 0 radical (unpaired) electrons. The molecule has 0 saturated heterocycles. The van der Waals surface area contributed by atoms with Crippen molar-refractivity contribution < 1.29 is 0 Å². The minimum Gasteiger partial charge on any atom is -0.247 e. The van der Waals surface area contributed by atoms with Gasteiger partial charge in [-0.3, -0.25) is 0 Å². The minimum atomic E-state index is -0.475. The van der Waals surface area contributed by atoms with E-state index in [1.54, 1.807) is 12.1 Å². The van der Waals surface area contributed by atoms with E-state index >= 15 is 0 Å². The number of aromatic amines is 2.